The van der Waals surface area contributed by atoms with Gasteiger partial charge in [-0.15, -0.1) is 19.0 Å². The molecule has 0 aliphatic carbocycles. The molecule has 0 unspecified atom stereocenters. The Kier molecular flexibility index (Phi) is 6.19. The second-order valence-electron chi connectivity index (χ2n) is 4.70. The van der Waals surface area contributed by atoms with Gasteiger partial charge in [0, 0.05) is 31.7 Å². The highest BCUT2D eigenvalue weighted by atomic mass is 35.5. The van der Waals surface area contributed by atoms with Gasteiger partial charge in [0.05, 0.1) is 11.6 Å². The molecule has 1 heterocycles. The van der Waals surface area contributed by atoms with Gasteiger partial charge in [-0.05, 0) is 12.1 Å². The van der Waals surface area contributed by atoms with E-state index in [1.165, 1.54) is 6.07 Å². The Morgan fingerprint density at radius 2 is 1.86 bits per heavy atom. The summed E-state index contributed by atoms with van der Waals surface area (Å²) in [6.45, 7) is 6.63. The van der Waals surface area contributed by atoms with E-state index in [1.54, 1.807) is 6.08 Å². The van der Waals surface area contributed by atoms with Crippen LogP contribution in [-0.2, 0) is 6.18 Å². The van der Waals surface area contributed by atoms with Crippen LogP contribution in [-0.4, -0.2) is 31.1 Å². The van der Waals surface area contributed by atoms with E-state index < -0.39 is 23.6 Å². The summed E-state index contributed by atoms with van der Waals surface area (Å²) in [5.74, 6) is -0.844. The van der Waals surface area contributed by atoms with Crippen LogP contribution in [0.2, 0.25) is 0 Å². The minimum Gasteiger partial charge on any atom is -0.314 e. The molecule has 1 aromatic rings. The van der Waals surface area contributed by atoms with Crippen molar-refractivity contribution in [2.24, 2.45) is 0 Å². The molecule has 1 N–H and O–H groups in total. The molecule has 118 valence electrons. The summed E-state index contributed by atoms with van der Waals surface area (Å²) in [6.07, 6.45) is -2.96. The molecule has 0 saturated carbocycles. The van der Waals surface area contributed by atoms with Crippen LogP contribution in [0.15, 0.2) is 30.9 Å². The molecule has 2 nitrogen and oxygen atoms in total. The summed E-state index contributed by atoms with van der Waals surface area (Å²) >= 11 is 0. The third-order valence-electron chi connectivity index (χ3n) is 3.41. The predicted octanol–water partition coefficient (Wildman–Crippen LogP) is 3.40. The van der Waals surface area contributed by atoms with Gasteiger partial charge in [0.15, 0.2) is 0 Å². The average Bonchev–Trinajstić information content (AvgIpc) is 2.41. The van der Waals surface area contributed by atoms with Crippen LogP contribution in [0.1, 0.15) is 17.2 Å². The zero-order valence-corrected chi connectivity index (χ0v) is 12.1. The highest BCUT2D eigenvalue weighted by molar-refractivity contribution is 5.85. The van der Waals surface area contributed by atoms with Crippen LogP contribution in [0.4, 0.5) is 17.6 Å². The Morgan fingerprint density at radius 1 is 1.24 bits per heavy atom. The first-order valence-electron chi connectivity index (χ1n) is 6.37. The quantitative estimate of drug-likeness (QED) is 0.677. The van der Waals surface area contributed by atoms with Gasteiger partial charge in [-0.3, -0.25) is 4.90 Å². The highest BCUT2D eigenvalue weighted by Gasteiger charge is 2.32. The minimum absolute atomic E-state index is 0. The van der Waals surface area contributed by atoms with Crippen LogP contribution in [0, 0.1) is 5.82 Å². The first-order valence-corrected chi connectivity index (χ1v) is 6.37. The van der Waals surface area contributed by atoms with Crippen molar-refractivity contribution in [3.05, 3.63) is 47.8 Å². The molecular formula is C14H17ClF4N2. The molecule has 21 heavy (non-hydrogen) atoms. The Morgan fingerprint density at radius 3 is 2.33 bits per heavy atom. The van der Waals surface area contributed by atoms with E-state index >= 15 is 0 Å². The maximum absolute atomic E-state index is 14.0. The number of halogens is 5. The molecule has 1 aliphatic heterocycles. The zero-order valence-electron chi connectivity index (χ0n) is 11.3. The lowest BCUT2D eigenvalue weighted by molar-refractivity contribution is -0.137. The molecule has 0 amide bonds. The number of benzene rings is 1. The van der Waals surface area contributed by atoms with Gasteiger partial charge in [-0.1, -0.05) is 12.1 Å². The molecule has 1 atom stereocenters. The van der Waals surface area contributed by atoms with Crippen molar-refractivity contribution in [3.8, 4) is 0 Å². The third kappa shape index (κ3) is 4.18. The molecule has 0 aromatic heterocycles. The molecule has 1 aliphatic rings. The Bertz CT molecular complexity index is 484. The SMILES string of the molecule is C=C[C@H](c1ccc(C(F)(F)F)cc1F)N1CCNCC1.Cl. The van der Waals surface area contributed by atoms with Gasteiger partial charge >= 0.3 is 6.18 Å². The van der Waals surface area contributed by atoms with E-state index in [-0.39, 0.29) is 18.0 Å². The largest absolute Gasteiger partial charge is 0.416 e. The highest BCUT2D eigenvalue weighted by Crippen LogP contribution is 2.32. The van der Waals surface area contributed by atoms with Gasteiger partial charge in [-0.25, -0.2) is 4.39 Å². The summed E-state index contributed by atoms with van der Waals surface area (Å²) < 4.78 is 51.6. The summed E-state index contributed by atoms with van der Waals surface area (Å²) in [4.78, 5) is 2.00. The van der Waals surface area contributed by atoms with Gasteiger partial charge < -0.3 is 5.32 Å². The minimum atomic E-state index is -4.53. The van der Waals surface area contributed by atoms with Gasteiger partial charge in [0.2, 0.25) is 0 Å². The molecule has 2 rings (SSSR count). The molecule has 0 bridgehead atoms. The van der Waals surface area contributed by atoms with Crippen molar-refractivity contribution in [3.63, 3.8) is 0 Å². The van der Waals surface area contributed by atoms with Crippen molar-refractivity contribution in [2.75, 3.05) is 26.2 Å². The van der Waals surface area contributed by atoms with E-state index in [2.05, 4.69) is 11.9 Å². The van der Waals surface area contributed by atoms with Crippen LogP contribution < -0.4 is 5.32 Å². The zero-order chi connectivity index (χ0) is 14.8. The van der Waals surface area contributed by atoms with E-state index in [0.29, 0.717) is 19.2 Å². The standard InChI is InChI=1S/C14H16F4N2.ClH/c1-2-13(20-7-5-19-6-8-20)11-4-3-10(9-12(11)15)14(16,17)18;/h2-4,9,13,19H,1,5-8H2;1H/t13-;/m1./s1. The van der Waals surface area contributed by atoms with E-state index in [4.69, 9.17) is 0 Å². The average molecular weight is 325 g/mol. The molecule has 7 heteroatoms. The smallest absolute Gasteiger partial charge is 0.314 e. The number of nitrogens with zero attached hydrogens (tertiary/aromatic N) is 1. The van der Waals surface area contributed by atoms with Crippen molar-refractivity contribution >= 4 is 12.4 Å². The number of nitrogens with one attached hydrogen (secondary N) is 1. The number of hydrogen-bond donors (Lipinski definition) is 1. The summed E-state index contributed by atoms with van der Waals surface area (Å²) in [5, 5.41) is 3.17. The van der Waals surface area contributed by atoms with Crippen LogP contribution in [0.3, 0.4) is 0 Å². The predicted molar refractivity (Wildman–Crippen MR) is 76.0 cm³/mol. The van der Waals surface area contributed by atoms with Crippen LogP contribution in [0.25, 0.3) is 0 Å². The molecular weight excluding hydrogens is 308 g/mol. The van der Waals surface area contributed by atoms with Crippen molar-refractivity contribution in [2.45, 2.75) is 12.2 Å². The normalized spacial score (nSPS) is 17.9. The molecule has 1 saturated heterocycles. The van der Waals surface area contributed by atoms with Gasteiger partial charge in [-0.2, -0.15) is 13.2 Å². The lowest BCUT2D eigenvalue weighted by Crippen LogP contribution is -2.44. The third-order valence-corrected chi connectivity index (χ3v) is 3.41. The Labute approximate surface area is 127 Å². The molecule has 0 radical (unpaired) electrons. The second-order valence-corrected chi connectivity index (χ2v) is 4.70. The molecule has 1 fully saturated rings. The Hall–Kier alpha value is -1.11. The lowest BCUT2D eigenvalue weighted by atomic mass is 10.0. The maximum atomic E-state index is 14.0. The summed E-state index contributed by atoms with van der Waals surface area (Å²) in [6, 6.07) is 2.26. The van der Waals surface area contributed by atoms with Crippen LogP contribution >= 0.6 is 12.4 Å². The topological polar surface area (TPSA) is 15.3 Å². The number of hydrogen-bond acceptors (Lipinski definition) is 2. The Balaban J connectivity index is 0.00000220. The van der Waals surface area contributed by atoms with Crippen molar-refractivity contribution in [1.82, 2.24) is 10.2 Å². The molecule has 1 aromatic carbocycles. The molecule has 0 spiro atoms. The van der Waals surface area contributed by atoms with E-state index in [0.717, 1.165) is 19.2 Å². The summed E-state index contributed by atoms with van der Waals surface area (Å²) in [7, 11) is 0. The van der Waals surface area contributed by atoms with Gasteiger partial charge in [0.25, 0.3) is 0 Å². The number of piperazine rings is 1. The fraction of sp³-hybridized carbons (Fsp3) is 0.429. The number of alkyl halides is 3. The first kappa shape index (κ1) is 17.9. The first-order chi connectivity index (χ1) is 9.43. The number of rotatable bonds is 3. The fourth-order valence-electron chi connectivity index (χ4n) is 2.38. The van der Waals surface area contributed by atoms with Gasteiger partial charge in [0.1, 0.15) is 5.82 Å². The van der Waals surface area contributed by atoms with Crippen molar-refractivity contribution < 1.29 is 17.6 Å². The van der Waals surface area contributed by atoms with E-state index in [1.807, 2.05) is 4.90 Å². The maximum Gasteiger partial charge on any atom is 0.416 e. The summed E-state index contributed by atoms with van der Waals surface area (Å²) in [5.41, 5.74) is -0.739. The van der Waals surface area contributed by atoms with E-state index in [9.17, 15) is 17.6 Å². The second kappa shape index (κ2) is 7.24. The fourth-order valence-corrected chi connectivity index (χ4v) is 2.38. The lowest BCUT2D eigenvalue weighted by Gasteiger charge is -2.33. The van der Waals surface area contributed by atoms with Crippen molar-refractivity contribution in [1.29, 1.82) is 0 Å². The monoisotopic (exact) mass is 324 g/mol. The van der Waals surface area contributed by atoms with Crippen LogP contribution in [0.5, 0.6) is 0 Å².